The molecule has 2 amide bonds. The van der Waals surface area contributed by atoms with E-state index in [2.05, 4.69) is 5.32 Å². The van der Waals surface area contributed by atoms with E-state index < -0.39 is 28.5 Å². The first-order valence-corrected chi connectivity index (χ1v) is 14.9. The summed E-state index contributed by atoms with van der Waals surface area (Å²) in [6.07, 6.45) is 0. The Bertz CT molecular complexity index is 1480. The van der Waals surface area contributed by atoms with Crippen molar-refractivity contribution in [3.63, 3.8) is 0 Å². The molecule has 0 spiro atoms. The number of carbonyl (C=O) groups is 2. The Morgan fingerprint density at radius 1 is 0.878 bits per heavy atom. The van der Waals surface area contributed by atoms with Crippen LogP contribution in [0.4, 0.5) is 5.69 Å². The lowest BCUT2D eigenvalue weighted by Gasteiger charge is -2.32. The van der Waals surface area contributed by atoms with Crippen molar-refractivity contribution in [2.45, 2.75) is 44.3 Å². The SMILES string of the molecule is COc1ccc(S(=O)(=O)N(CC(=O)N(Cc2cccc(Cl)c2)[C@H](C)C(=O)NC(C)C)c2ccc(Cl)cc2)cc1OC. The van der Waals surface area contributed by atoms with Gasteiger partial charge in [0.05, 0.1) is 24.8 Å². The van der Waals surface area contributed by atoms with Crippen LogP contribution in [0.15, 0.2) is 71.6 Å². The maximum atomic E-state index is 14.0. The topological polar surface area (TPSA) is 105 Å². The van der Waals surface area contributed by atoms with Gasteiger partial charge in [-0.05, 0) is 74.9 Å². The van der Waals surface area contributed by atoms with E-state index in [-0.39, 0.29) is 34.8 Å². The number of carbonyl (C=O) groups excluding carboxylic acids is 2. The number of nitrogens with one attached hydrogen (secondary N) is 1. The van der Waals surface area contributed by atoms with Crippen molar-refractivity contribution >= 4 is 50.7 Å². The zero-order valence-corrected chi connectivity index (χ0v) is 25.8. The highest BCUT2D eigenvalue weighted by Gasteiger charge is 2.33. The van der Waals surface area contributed by atoms with Gasteiger partial charge in [-0.1, -0.05) is 35.3 Å². The lowest BCUT2D eigenvalue weighted by atomic mass is 10.1. The minimum absolute atomic E-state index is 0.0247. The largest absolute Gasteiger partial charge is 0.493 e. The number of amides is 2. The van der Waals surface area contributed by atoms with Crippen LogP contribution in [-0.4, -0.2) is 58.0 Å². The Labute approximate surface area is 251 Å². The standard InChI is InChI=1S/C29H33Cl2N3O6S/c1-19(2)32-29(36)20(3)33(17-21-7-6-8-23(31)15-21)28(35)18-34(24-11-9-22(30)10-12-24)41(37,38)25-13-14-26(39-4)27(16-25)40-5/h6-16,19-20H,17-18H2,1-5H3,(H,32,36)/t20-/m1/s1. The van der Waals surface area contributed by atoms with E-state index in [0.29, 0.717) is 21.4 Å². The van der Waals surface area contributed by atoms with Crippen LogP contribution in [0.3, 0.4) is 0 Å². The molecule has 0 unspecified atom stereocenters. The first kappa shape index (κ1) is 32.0. The van der Waals surface area contributed by atoms with Crippen LogP contribution in [0.25, 0.3) is 0 Å². The molecular weight excluding hydrogens is 589 g/mol. The van der Waals surface area contributed by atoms with Crippen LogP contribution in [0.2, 0.25) is 10.0 Å². The van der Waals surface area contributed by atoms with Gasteiger partial charge in [-0.3, -0.25) is 13.9 Å². The third kappa shape index (κ3) is 8.06. The average molecular weight is 623 g/mol. The zero-order chi connectivity index (χ0) is 30.3. The summed E-state index contributed by atoms with van der Waals surface area (Å²) in [5.41, 5.74) is 0.885. The molecule has 3 aromatic carbocycles. The molecule has 0 aliphatic heterocycles. The number of ether oxygens (including phenoxy) is 2. The maximum absolute atomic E-state index is 14.0. The van der Waals surface area contributed by atoms with Gasteiger partial charge in [0, 0.05) is 28.7 Å². The van der Waals surface area contributed by atoms with Gasteiger partial charge in [0.15, 0.2) is 11.5 Å². The molecule has 3 rings (SSSR count). The van der Waals surface area contributed by atoms with Crippen LogP contribution in [0.5, 0.6) is 11.5 Å². The van der Waals surface area contributed by atoms with Crippen LogP contribution in [0, 0.1) is 0 Å². The number of benzene rings is 3. The van der Waals surface area contributed by atoms with Crippen molar-refractivity contribution < 1.29 is 27.5 Å². The monoisotopic (exact) mass is 621 g/mol. The number of rotatable bonds is 12. The van der Waals surface area contributed by atoms with Gasteiger partial charge in [-0.2, -0.15) is 0 Å². The van der Waals surface area contributed by atoms with Crippen LogP contribution in [0.1, 0.15) is 26.3 Å². The number of halogens is 2. The Morgan fingerprint density at radius 3 is 2.12 bits per heavy atom. The van der Waals surface area contributed by atoms with Crippen molar-refractivity contribution in [1.82, 2.24) is 10.2 Å². The fraction of sp³-hybridized carbons (Fsp3) is 0.310. The smallest absolute Gasteiger partial charge is 0.264 e. The molecule has 0 heterocycles. The van der Waals surface area contributed by atoms with Gasteiger partial charge < -0.3 is 19.7 Å². The normalized spacial score (nSPS) is 12.0. The van der Waals surface area contributed by atoms with Gasteiger partial charge in [0.2, 0.25) is 11.8 Å². The van der Waals surface area contributed by atoms with E-state index in [0.717, 1.165) is 4.31 Å². The molecule has 0 saturated carbocycles. The second-order valence-corrected chi connectivity index (χ2v) is 12.2. The van der Waals surface area contributed by atoms with Crippen molar-refractivity contribution in [1.29, 1.82) is 0 Å². The van der Waals surface area contributed by atoms with Gasteiger partial charge in [0.25, 0.3) is 10.0 Å². The number of nitrogens with zero attached hydrogens (tertiary/aromatic N) is 2. The molecule has 0 aliphatic rings. The summed E-state index contributed by atoms with van der Waals surface area (Å²) < 4.78 is 39.6. The highest BCUT2D eigenvalue weighted by molar-refractivity contribution is 7.92. The molecule has 1 N–H and O–H groups in total. The van der Waals surface area contributed by atoms with Gasteiger partial charge in [0.1, 0.15) is 12.6 Å². The Hall–Kier alpha value is -3.47. The number of hydrogen-bond acceptors (Lipinski definition) is 6. The lowest BCUT2D eigenvalue weighted by Crippen LogP contribution is -2.52. The summed E-state index contributed by atoms with van der Waals surface area (Å²) in [5, 5.41) is 3.67. The Kier molecular flexibility index (Phi) is 10.9. The highest BCUT2D eigenvalue weighted by Crippen LogP contribution is 2.32. The maximum Gasteiger partial charge on any atom is 0.264 e. The third-order valence-electron chi connectivity index (χ3n) is 6.18. The second-order valence-electron chi connectivity index (χ2n) is 9.50. The summed E-state index contributed by atoms with van der Waals surface area (Å²) in [6, 6.07) is 16.0. The molecule has 220 valence electrons. The molecule has 12 heteroatoms. The molecule has 9 nitrogen and oxygen atoms in total. The summed E-state index contributed by atoms with van der Waals surface area (Å²) in [7, 11) is -1.48. The van der Waals surface area contributed by atoms with Crippen LogP contribution >= 0.6 is 23.2 Å². The first-order valence-electron chi connectivity index (χ1n) is 12.7. The molecule has 0 radical (unpaired) electrons. The van der Waals surface area contributed by atoms with E-state index in [4.69, 9.17) is 32.7 Å². The number of anilines is 1. The second kappa shape index (κ2) is 13.9. The molecular formula is C29H33Cl2N3O6S. The Balaban J connectivity index is 2.07. The summed E-state index contributed by atoms with van der Waals surface area (Å²) >= 11 is 12.2. The van der Waals surface area contributed by atoms with Gasteiger partial charge >= 0.3 is 0 Å². The Morgan fingerprint density at radius 2 is 1.54 bits per heavy atom. The van der Waals surface area contributed by atoms with E-state index in [1.165, 1.54) is 61.6 Å². The van der Waals surface area contributed by atoms with Crippen molar-refractivity contribution in [3.8, 4) is 11.5 Å². The van der Waals surface area contributed by atoms with Crippen LogP contribution in [-0.2, 0) is 26.2 Å². The van der Waals surface area contributed by atoms with Crippen molar-refractivity contribution in [3.05, 3.63) is 82.3 Å². The van der Waals surface area contributed by atoms with E-state index >= 15 is 0 Å². The molecule has 0 bridgehead atoms. The van der Waals surface area contributed by atoms with E-state index in [9.17, 15) is 18.0 Å². The zero-order valence-electron chi connectivity index (χ0n) is 23.4. The lowest BCUT2D eigenvalue weighted by molar-refractivity contribution is -0.139. The van der Waals surface area contributed by atoms with Crippen LogP contribution < -0.4 is 19.1 Å². The van der Waals surface area contributed by atoms with Gasteiger partial charge in [-0.15, -0.1) is 0 Å². The number of hydrogen-bond donors (Lipinski definition) is 1. The molecule has 0 fully saturated rings. The predicted molar refractivity (Wildman–Crippen MR) is 160 cm³/mol. The third-order valence-corrected chi connectivity index (χ3v) is 8.43. The average Bonchev–Trinajstić information content (AvgIpc) is 2.93. The summed E-state index contributed by atoms with van der Waals surface area (Å²) in [4.78, 5) is 28.2. The molecule has 3 aromatic rings. The summed E-state index contributed by atoms with van der Waals surface area (Å²) in [6.45, 7) is 4.64. The fourth-order valence-electron chi connectivity index (χ4n) is 4.06. The van der Waals surface area contributed by atoms with Crippen molar-refractivity contribution in [2.24, 2.45) is 0 Å². The predicted octanol–water partition coefficient (Wildman–Crippen LogP) is 5.15. The number of sulfonamides is 1. The molecule has 41 heavy (non-hydrogen) atoms. The minimum atomic E-state index is -4.31. The van der Waals surface area contributed by atoms with Gasteiger partial charge in [-0.25, -0.2) is 8.42 Å². The quantitative estimate of drug-likeness (QED) is 0.300. The minimum Gasteiger partial charge on any atom is -0.493 e. The van der Waals surface area contributed by atoms with E-state index in [1.807, 2.05) is 13.8 Å². The fourth-order valence-corrected chi connectivity index (χ4v) is 5.83. The molecule has 0 saturated heterocycles. The highest BCUT2D eigenvalue weighted by atomic mass is 35.5. The first-order chi connectivity index (χ1) is 19.4. The summed E-state index contributed by atoms with van der Waals surface area (Å²) in [5.74, 6) is -0.428. The molecule has 0 aromatic heterocycles. The molecule has 0 aliphatic carbocycles. The molecule has 1 atom stereocenters. The van der Waals surface area contributed by atoms with E-state index in [1.54, 1.807) is 31.2 Å². The van der Waals surface area contributed by atoms with Crippen molar-refractivity contribution in [2.75, 3.05) is 25.1 Å². The number of methoxy groups -OCH3 is 2.